The number of nitrogens with one attached hydrogen (secondary N) is 1. The summed E-state index contributed by atoms with van der Waals surface area (Å²) in [5.74, 6) is 1.55. The molecule has 3 nitrogen and oxygen atoms in total. The van der Waals surface area contributed by atoms with Crippen LogP contribution in [0.5, 0.6) is 0 Å². The average Bonchev–Trinajstić information content (AvgIpc) is 2.28. The highest BCUT2D eigenvalue weighted by atomic mass is 79.9. The van der Waals surface area contributed by atoms with Crippen LogP contribution in [-0.2, 0) is 6.42 Å². The SMILES string of the molecule is CCc1cccc(Nc2cc(Br)nc(C)n2)c1. The average molecular weight is 292 g/mol. The van der Waals surface area contributed by atoms with Crippen LogP contribution in [0.4, 0.5) is 11.5 Å². The van der Waals surface area contributed by atoms with Crippen LogP contribution < -0.4 is 5.32 Å². The molecule has 0 saturated carbocycles. The minimum atomic E-state index is 0.744. The lowest BCUT2D eigenvalue weighted by atomic mass is 10.1. The number of hydrogen-bond acceptors (Lipinski definition) is 3. The maximum atomic E-state index is 4.33. The second-order valence-electron chi connectivity index (χ2n) is 3.80. The van der Waals surface area contributed by atoms with E-state index in [1.807, 2.05) is 25.1 Å². The summed E-state index contributed by atoms with van der Waals surface area (Å²) in [5.41, 5.74) is 2.36. The molecule has 0 unspecified atom stereocenters. The third kappa shape index (κ3) is 3.27. The molecule has 0 aliphatic carbocycles. The second kappa shape index (κ2) is 5.27. The molecule has 0 saturated heterocycles. The number of benzene rings is 1. The first-order valence-corrected chi connectivity index (χ1v) is 6.34. The summed E-state index contributed by atoms with van der Waals surface area (Å²) in [6, 6.07) is 10.2. The Morgan fingerprint density at radius 2 is 2.06 bits per heavy atom. The molecule has 0 radical (unpaired) electrons. The van der Waals surface area contributed by atoms with Crippen molar-refractivity contribution in [2.75, 3.05) is 5.32 Å². The van der Waals surface area contributed by atoms with Crippen molar-refractivity contribution >= 4 is 27.4 Å². The Labute approximate surface area is 109 Å². The van der Waals surface area contributed by atoms with Gasteiger partial charge in [-0.3, -0.25) is 0 Å². The van der Waals surface area contributed by atoms with Gasteiger partial charge in [0.05, 0.1) is 0 Å². The van der Waals surface area contributed by atoms with E-state index in [0.29, 0.717) is 0 Å². The van der Waals surface area contributed by atoms with Crippen LogP contribution in [0, 0.1) is 6.92 Å². The summed E-state index contributed by atoms with van der Waals surface area (Å²) in [6.45, 7) is 4.02. The highest BCUT2D eigenvalue weighted by molar-refractivity contribution is 9.10. The molecule has 17 heavy (non-hydrogen) atoms. The maximum absolute atomic E-state index is 4.33. The van der Waals surface area contributed by atoms with Crippen LogP contribution in [0.15, 0.2) is 34.9 Å². The van der Waals surface area contributed by atoms with Gasteiger partial charge in [0.25, 0.3) is 0 Å². The maximum Gasteiger partial charge on any atom is 0.135 e. The molecule has 0 aliphatic heterocycles. The van der Waals surface area contributed by atoms with Gasteiger partial charge in [-0.2, -0.15) is 0 Å². The number of nitrogens with zero attached hydrogens (tertiary/aromatic N) is 2. The van der Waals surface area contributed by atoms with E-state index in [9.17, 15) is 0 Å². The molecule has 0 spiro atoms. The standard InChI is InChI=1S/C13H14BrN3/c1-3-10-5-4-6-11(7-10)17-13-8-12(14)15-9(2)16-13/h4-8H,3H2,1-2H3,(H,15,16,17). The molecule has 1 aromatic carbocycles. The molecule has 4 heteroatoms. The predicted octanol–water partition coefficient (Wildman–Crippen LogP) is 3.85. The van der Waals surface area contributed by atoms with Crippen LogP contribution in [0.25, 0.3) is 0 Å². The molecule has 0 fully saturated rings. The van der Waals surface area contributed by atoms with Gasteiger partial charge in [-0.25, -0.2) is 9.97 Å². The lowest BCUT2D eigenvalue weighted by molar-refractivity contribution is 1.04. The number of rotatable bonds is 3. The third-order valence-electron chi connectivity index (χ3n) is 2.41. The normalized spacial score (nSPS) is 10.3. The van der Waals surface area contributed by atoms with Crippen LogP contribution in [-0.4, -0.2) is 9.97 Å². The van der Waals surface area contributed by atoms with Crippen LogP contribution in [0.3, 0.4) is 0 Å². The molecule has 88 valence electrons. The van der Waals surface area contributed by atoms with Gasteiger partial charge < -0.3 is 5.32 Å². The summed E-state index contributed by atoms with van der Waals surface area (Å²) in [5, 5.41) is 3.28. The van der Waals surface area contributed by atoms with Crippen LogP contribution in [0.2, 0.25) is 0 Å². The third-order valence-corrected chi connectivity index (χ3v) is 2.82. The van der Waals surface area contributed by atoms with Crippen molar-refractivity contribution in [2.45, 2.75) is 20.3 Å². The van der Waals surface area contributed by atoms with Gasteiger partial charge in [0.15, 0.2) is 0 Å². The van der Waals surface area contributed by atoms with Gasteiger partial charge in [-0.1, -0.05) is 19.1 Å². The first kappa shape index (κ1) is 12.0. The molecule has 1 heterocycles. The first-order valence-electron chi connectivity index (χ1n) is 5.54. The Morgan fingerprint density at radius 1 is 1.24 bits per heavy atom. The Balaban J connectivity index is 2.24. The summed E-state index contributed by atoms with van der Waals surface area (Å²) in [6.07, 6.45) is 1.03. The van der Waals surface area contributed by atoms with E-state index in [4.69, 9.17) is 0 Å². The van der Waals surface area contributed by atoms with Crippen LogP contribution >= 0.6 is 15.9 Å². The van der Waals surface area contributed by atoms with Gasteiger partial charge in [-0.05, 0) is 47.0 Å². The molecule has 1 N–H and O–H groups in total. The van der Waals surface area contributed by atoms with Crippen molar-refractivity contribution in [3.63, 3.8) is 0 Å². The molecule has 1 aromatic heterocycles. The molecular formula is C13H14BrN3. The van der Waals surface area contributed by atoms with Crippen LogP contribution in [0.1, 0.15) is 18.3 Å². The topological polar surface area (TPSA) is 37.8 Å². The van der Waals surface area contributed by atoms with E-state index in [-0.39, 0.29) is 0 Å². The van der Waals surface area contributed by atoms with E-state index < -0.39 is 0 Å². The fourth-order valence-electron chi connectivity index (χ4n) is 1.61. The number of halogens is 1. The Kier molecular flexibility index (Phi) is 3.74. The Bertz CT molecular complexity index is 506. The largest absolute Gasteiger partial charge is 0.340 e. The molecular weight excluding hydrogens is 278 g/mol. The lowest BCUT2D eigenvalue weighted by Crippen LogP contribution is -1.97. The predicted molar refractivity (Wildman–Crippen MR) is 73.6 cm³/mol. The van der Waals surface area contributed by atoms with E-state index in [1.165, 1.54) is 5.56 Å². The number of anilines is 2. The van der Waals surface area contributed by atoms with E-state index in [2.05, 4.69) is 50.3 Å². The fraction of sp³-hybridized carbons (Fsp3) is 0.231. The fourth-order valence-corrected chi connectivity index (χ4v) is 2.09. The number of aryl methyl sites for hydroxylation is 2. The minimum absolute atomic E-state index is 0.744. The van der Waals surface area contributed by atoms with E-state index in [1.54, 1.807) is 0 Å². The summed E-state index contributed by atoms with van der Waals surface area (Å²) < 4.78 is 0.791. The molecule has 0 atom stereocenters. The van der Waals surface area contributed by atoms with Crippen molar-refractivity contribution in [1.82, 2.24) is 9.97 Å². The molecule has 2 rings (SSSR count). The first-order chi connectivity index (χ1) is 8.17. The van der Waals surface area contributed by atoms with Crippen molar-refractivity contribution in [3.05, 3.63) is 46.3 Å². The highest BCUT2D eigenvalue weighted by Gasteiger charge is 2.00. The summed E-state index contributed by atoms with van der Waals surface area (Å²) in [4.78, 5) is 8.51. The molecule has 2 aromatic rings. The lowest BCUT2D eigenvalue weighted by Gasteiger charge is -2.07. The Hall–Kier alpha value is -1.42. The van der Waals surface area contributed by atoms with Gasteiger partial charge >= 0.3 is 0 Å². The zero-order chi connectivity index (χ0) is 12.3. The minimum Gasteiger partial charge on any atom is -0.340 e. The molecule has 0 aliphatic rings. The summed E-state index contributed by atoms with van der Waals surface area (Å²) >= 11 is 3.36. The molecule has 0 amide bonds. The number of hydrogen-bond donors (Lipinski definition) is 1. The van der Waals surface area contributed by atoms with Gasteiger partial charge in [0.1, 0.15) is 16.2 Å². The Morgan fingerprint density at radius 3 is 2.76 bits per heavy atom. The number of aromatic nitrogens is 2. The molecule has 0 bridgehead atoms. The summed E-state index contributed by atoms with van der Waals surface area (Å²) in [7, 11) is 0. The zero-order valence-corrected chi connectivity index (χ0v) is 11.5. The van der Waals surface area contributed by atoms with Crippen molar-refractivity contribution in [2.24, 2.45) is 0 Å². The highest BCUT2D eigenvalue weighted by Crippen LogP contribution is 2.18. The van der Waals surface area contributed by atoms with E-state index >= 15 is 0 Å². The van der Waals surface area contributed by atoms with Crippen molar-refractivity contribution in [3.8, 4) is 0 Å². The van der Waals surface area contributed by atoms with Gasteiger partial charge in [-0.15, -0.1) is 0 Å². The second-order valence-corrected chi connectivity index (χ2v) is 4.61. The van der Waals surface area contributed by atoms with Crippen molar-refractivity contribution in [1.29, 1.82) is 0 Å². The van der Waals surface area contributed by atoms with Gasteiger partial charge in [0.2, 0.25) is 0 Å². The smallest absolute Gasteiger partial charge is 0.135 e. The van der Waals surface area contributed by atoms with Gasteiger partial charge in [0, 0.05) is 11.8 Å². The van der Waals surface area contributed by atoms with E-state index in [0.717, 1.165) is 28.4 Å². The van der Waals surface area contributed by atoms with Crippen molar-refractivity contribution < 1.29 is 0 Å². The quantitative estimate of drug-likeness (QED) is 0.873. The zero-order valence-electron chi connectivity index (χ0n) is 9.87. The monoisotopic (exact) mass is 291 g/mol.